The third-order valence-corrected chi connectivity index (χ3v) is 3.35. The first kappa shape index (κ1) is 14.7. The van der Waals surface area contributed by atoms with Crippen LogP contribution in [-0.2, 0) is 6.42 Å². The Morgan fingerprint density at radius 1 is 1.40 bits per heavy atom. The number of anilines is 1. The van der Waals surface area contributed by atoms with Gasteiger partial charge < -0.3 is 10.2 Å². The number of aryl methyl sites for hydroxylation is 1. The molecule has 0 bridgehead atoms. The average molecular weight is 341 g/mol. The van der Waals surface area contributed by atoms with E-state index in [0.717, 1.165) is 0 Å². The van der Waals surface area contributed by atoms with Crippen molar-refractivity contribution in [1.29, 1.82) is 0 Å². The molecule has 0 spiro atoms. The number of nitrogen functional groups attached to an aromatic ring is 1. The summed E-state index contributed by atoms with van der Waals surface area (Å²) < 4.78 is 19.5. The largest absolute Gasteiger partial charge is 0.438 e. The second-order valence-corrected chi connectivity index (χ2v) is 4.95. The molecule has 0 aliphatic carbocycles. The number of hydrazine groups is 1. The first-order valence-corrected chi connectivity index (χ1v) is 6.81. The zero-order valence-corrected chi connectivity index (χ0v) is 12.7. The Morgan fingerprint density at radius 2 is 2.15 bits per heavy atom. The van der Waals surface area contributed by atoms with Crippen LogP contribution in [0, 0.1) is 12.7 Å². The van der Waals surface area contributed by atoms with Crippen LogP contribution < -0.4 is 16.0 Å². The Kier molecular flexibility index (Phi) is 4.51. The van der Waals surface area contributed by atoms with Gasteiger partial charge in [0, 0.05) is 12.5 Å². The number of nitrogens with zero attached hydrogens (tertiary/aromatic N) is 2. The molecule has 0 aliphatic rings. The Balaban J connectivity index is 2.39. The molecule has 2 rings (SSSR count). The van der Waals surface area contributed by atoms with Gasteiger partial charge in [-0.15, -0.1) is 0 Å². The first-order chi connectivity index (χ1) is 9.55. The fourth-order valence-corrected chi connectivity index (χ4v) is 1.84. The highest BCUT2D eigenvalue weighted by molar-refractivity contribution is 9.10. The maximum Gasteiger partial charge on any atom is 0.227 e. The second-order valence-electron chi connectivity index (χ2n) is 4.09. The zero-order chi connectivity index (χ0) is 14.7. The van der Waals surface area contributed by atoms with Crippen molar-refractivity contribution < 1.29 is 9.13 Å². The Hall–Kier alpha value is -1.73. The van der Waals surface area contributed by atoms with E-state index in [9.17, 15) is 4.39 Å². The molecule has 7 heteroatoms. The summed E-state index contributed by atoms with van der Waals surface area (Å²) in [7, 11) is 0. The van der Waals surface area contributed by atoms with Gasteiger partial charge in [-0.25, -0.2) is 15.2 Å². The highest BCUT2D eigenvalue weighted by atomic mass is 79.9. The van der Waals surface area contributed by atoms with Gasteiger partial charge in [0.1, 0.15) is 23.2 Å². The van der Waals surface area contributed by atoms with Crippen LogP contribution in [0.2, 0.25) is 0 Å². The summed E-state index contributed by atoms with van der Waals surface area (Å²) in [6, 6.07) is 4.51. The van der Waals surface area contributed by atoms with E-state index >= 15 is 0 Å². The van der Waals surface area contributed by atoms with Crippen molar-refractivity contribution in [2.75, 3.05) is 5.43 Å². The normalized spacial score (nSPS) is 10.4. The fourth-order valence-electron chi connectivity index (χ4n) is 1.59. The highest BCUT2D eigenvalue weighted by Crippen LogP contribution is 2.29. The van der Waals surface area contributed by atoms with Gasteiger partial charge in [-0.1, -0.05) is 6.92 Å². The molecule has 0 saturated carbocycles. The summed E-state index contributed by atoms with van der Waals surface area (Å²) in [6.07, 6.45) is 0.639. The predicted molar refractivity (Wildman–Crippen MR) is 78.1 cm³/mol. The maximum atomic E-state index is 13.5. The van der Waals surface area contributed by atoms with Crippen LogP contribution >= 0.6 is 15.9 Å². The molecule has 3 N–H and O–H groups in total. The Labute approximate surface area is 124 Å². The topological polar surface area (TPSA) is 73.1 Å². The number of rotatable bonds is 4. The molecule has 0 aliphatic heterocycles. The van der Waals surface area contributed by atoms with Gasteiger partial charge in [-0.3, -0.25) is 0 Å². The van der Waals surface area contributed by atoms with Gasteiger partial charge >= 0.3 is 0 Å². The molecular formula is C13H14BrFN4O. The molecule has 0 saturated heterocycles. The lowest BCUT2D eigenvalue weighted by molar-refractivity contribution is 0.450. The number of ether oxygens (including phenoxy) is 1. The lowest BCUT2D eigenvalue weighted by atomic mass is 10.3. The van der Waals surface area contributed by atoms with Gasteiger partial charge in [0.25, 0.3) is 0 Å². The number of aromatic nitrogens is 2. The molecule has 1 aromatic carbocycles. The quantitative estimate of drug-likeness (QED) is 0.659. The van der Waals surface area contributed by atoms with Gasteiger partial charge in [0.05, 0.1) is 10.0 Å². The second kappa shape index (κ2) is 6.15. The number of halogens is 2. The number of benzene rings is 1. The van der Waals surface area contributed by atoms with Crippen LogP contribution in [0.4, 0.5) is 10.2 Å². The van der Waals surface area contributed by atoms with Crippen molar-refractivity contribution in [3.63, 3.8) is 0 Å². The molecule has 20 heavy (non-hydrogen) atoms. The van der Waals surface area contributed by atoms with Crippen molar-refractivity contribution in [1.82, 2.24) is 9.97 Å². The summed E-state index contributed by atoms with van der Waals surface area (Å²) >= 11 is 3.09. The van der Waals surface area contributed by atoms with Crippen molar-refractivity contribution in [2.24, 2.45) is 5.84 Å². The Bertz CT molecular complexity index is 636. The third-order valence-electron chi connectivity index (χ3n) is 2.71. The van der Waals surface area contributed by atoms with E-state index in [1.807, 2.05) is 6.92 Å². The summed E-state index contributed by atoms with van der Waals surface area (Å²) in [4.78, 5) is 8.52. The predicted octanol–water partition coefficient (Wildman–Crippen LogP) is 3.33. The highest BCUT2D eigenvalue weighted by Gasteiger charge is 2.12. The van der Waals surface area contributed by atoms with Crippen LogP contribution in [0.25, 0.3) is 0 Å². The number of nitrogens with one attached hydrogen (secondary N) is 1. The fraction of sp³-hybridized carbons (Fsp3) is 0.231. The standard InChI is InChI=1S/C13H14BrFN4O/c1-3-11-17-12(19-16)7(2)13(18-11)20-8-4-5-9(14)10(15)6-8/h4-6H,3,16H2,1-2H3,(H,17,18,19). The van der Waals surface area contributed by atoms with Crippen LogP contribution in [-0.4, -0.2) is 9.97 Å². The number of hydrogen-bond donors (Lipinski definition) is 2. The van der Waals surface area contributed by atoms with E-state index < -0.39 is 5.82 Å². The van der Waals surface area contributed by atoms with E-state index in [0.29, 0.717) is 39.7 Å². The maximum absolute atomic E-state index is 13.5. The molecule has 1 aromatic heterocycles. The third kappa shape index (κ3) is 3.05. The van der Waals surface area contributed by atoms with Crippen molar-refractivity contribution in [3.05, 3.63) is 39.9 Å². The smallest absolute Gasteiger partial charge is 0.227 e. The molecule has 5 nitrogen and oxygen atoms in total. The molecule has 0 amide bonds. The van der Waals surface area contributed by atoms with E-state index in [4.69, 9.17) is 10.6 Å². The molecule has 0 fully saturated rings. The van der Waals surface area contributed by atoms with Crippen LogP contribution in [0.15, 0.2) is 22.7 Å². The summed E-state index contributed by atoms with van der Waals surface area (Å²) in [6.45, 7) is 3.70. The minimum absolute atomic E-state index is 0.353. The molecular weight excluding hydrogens is 327 g/mol. The summed E-state index contributed by atoms with van der Waals surface area (Å²) in [5, 5.41) is 0. The van der Waals surface area contributed by atoms with Gasteiger partial charge in [-0.2, -0.15) is 4.98 Å². The van der Waals surface area contributed by atoms with E-state index in [2.05, 4.69) is 31.3 Å². The lowest BCUT2D eigenvalue weighted by Crippen LogP contribution is -2.13. The van der Waals surface area contributed by atoms with Crippen LogP contribution in [0.3, 0.4) is 0 Å². The van der Waals surface area contributed by atoms with Crippen LogP contribution in [0.5, 0.6) is 11.6 Å². The minimum Gasteiger partial charge on any atom is -0.438 e. The van der Waals surface area contributed by atoms with Crippen molar-refractivity contribution in [2.45, 2.75) is 20.3 Å². The monoisotopic (exact) mass is 340 g/mol. The van der Waals surface area contributed by atoms with Crippen molar-refractivity contribution in [3.8, 4) is 11.6 Å². The summed E-state index contributed by atoms with van der Waals surface area (Å²) in [5.74, 6) is 6.81. The van der Waals surface area contributed by atoms with Crippen molar-refractivity contribution >= 4 is 21.7 Å². The first-order valence-electron chi connectivity index (χ1n) is 6.02. The van der Waals surface area contributed by atoms with E-state index in [1.54, 1.807) is 19.1 Å². The minimum atomic E-state index is -0.401. The SMILES string of the molecule is CCc1nc(NN)c(C)c(Oc2ccc(Br)c(F)c2)n1. The van der Waals surface area contributed by atoms with Gasteiger partial charge in [0.2, 0.25) is 5.88 Å². The van der Waals surface area contributed by atoms with Crippen LogP contribution in [0.1, 0.15) is 18.3 Å². The van der Waals surface area contributed by atoms with Gasteiger partial charge in [0.15, 0.2) is 0 Å². The Morgan fingerprint density at radius 3 is 2.75 bits per heavy atom. The van der Waals surface area contributed by atoms with Gasteiger partial charge in [-0.05, 0) is 35.0 Å². The molecule has 1 heterocycles. The summed E-state index contributed by atoms with van der Waals surface area (Å²) in [5.41, 5.74) is 3.16. The number of hydrogen-bond acceptors (Lipinski definition) is 5. The molecule has 106 valence electrons. The zero-order valence-electron chi connectivity index (χ0n) is 11.1. The molecule has 0 radical (unpaired) electrons. The molecule has 2 aromatic rings. The lowest BCUT2D eigenvalue weighted by Gasteiger charge is -2.12. The van der Waals surface area contributed by atoms with E-state index in [-0.39, 0.29) is 0 Å². The molecule has 0 atom stereocenters. The average Bonchev–Trinajstić information content (AvgIpc) is 2.45. The number of nitrogens with two attached hydrogens (primary N) is 1. The molecule has 0 unspecified atom stereocenters. The van der Waals surface area contributed by atoms with E-state index in [1.165, 1.54) is 6.07 Å².